The molecule has 0 saturated carbocycles. The van der Waals surface area contributed by atoms with E-state index in [4.69, 9.17) is 0 Å². The van der Waals surface area contributed by atoms with Crippen molar-refractivity contribution in [2.24, 2.45) is 0 Å². The van der Waals surface area contributed by atoms with Crippen molar-refractivity contribution in [2.75, 3.05) is 17.8 Å². The molecule has 0 radical (unpaired) electrons. The lowest BCUT2D eigenvalue weighted by molar-refractivity contribution is -0.137. The maximum atomic E-state index is 12.4. The molecule has 1 heterocycles. The zero-order valence-corrected chi connectivity index (χ0v) is 10.8. The van der Waals surface area contributed by atoms with E-state index in [-0.39, 0.29) is 5.69 Å². The van der Waals surface area contributed by atoms with Crippen LogP contribution in [0.3, 0.4) is 0 Å². The van der Waals surface area contributed by atoms with Crippen molar-refractivity contribution in [3.05, 3.63) is 29.8 Å². The molecular formula is C11H13F3N2O2S. The average Bonchev–Trinajstić information content (AvgIpc) is 2.82. The van der Waals surface area contributed by atoms with Crippen molar-refractivity contribution >= 4 is 15.9 Å². The van der Waals surface area contributed by atoms with E-state index in [1.165, 1.54) is 4.31 Å². The van der Waals surface area contributed by atoms with Crippen molar-refractivity contribution < 1.29 is 21.6 Å². The van der Waals surface area contributed by atoms with Gasteiger partial charge in [-0.2, -0.15) is 25.9 Å². The Morgan fingerprint density at radius 2 is 1.58 bits per heavy atom. The van der Waals surface area contributed by atoms with Crippen LogP contribution in [0.25, 0.3) is 0 Å². The van der Waals surface area contributed by atoms with Crippen LogP contribution in [0, 0.1) is 0 Å². The number of halogens is 3. The smallest absolute Gasteiger partial charge is 0.271 e. The Kier molecular flexibility index (Phi) is 3.73. The first-order chi connectivity index (χ1) is 8.79. The third-order valence-corrected chi connectivity index (χ3v) is 4.40. The number of hydrogen-bond acceptors (Lipinski definition) is 2. The van der Waals surface area contributed by atoms with E-state index in [9.17, 15) is 21.6 Å². The predicted octanol–water partition coefficient (Wildman–Crippen LogP) is 2.46. The fourth-order valence-corrected chi connectivity index (χ4v) is 3.17. The maximum absolute atomic E-state index is 12.4. The molecule has 0 aliphatic carbocycles. The number of nitrogens with zero attached hydrogens (tertiary/aromatic N) is 1. The molecule has 1 aromatic carbocycles. The molecule has 0 aromatic heterocycles. The van der Waals surface area contributed by atoms with Crippen LogP contribution in [0.15, 0.2) is 24.3 Å². The minimum atomic E-state index is -4.42. The first kappa shape index (κ1) is 14.1. The quantitative estimate of drug-likeness (QED) is 0.931. The molecule has 0 amide bonds. The highest BCUT2D eigenvalue weighted by molar-refractivity contribution is 7.90. The van der Waals surface area contributed by atoms with Gasteiger partial charge in [-0.1, -0.05) is 0 Å². The van der Waals surface area contributed by atoms with Gasteiger partial charge in [0.1, 0.15) is 0 Å². The highest BCUT2D eigenvalue weighted by Crippen LogP contribution is 2.30. The highest BCUT2D eigenvalue weighted by Gasteiger charge is 2.30. The molecule has 1 aliphatic heterocycles. The van der Waals surface area contributed by atoms with Crippen molar-refractivity contribution in [1.82, 2.24) is 4.31 Å². The Morgan fingerprint density at radius 1 is 1.05 bits per heavy atom. The van der Waals surface area contributed by atoms with Gasteiger partial charge >= 0.3 is 16.4 Å². The number of rotatable bonds is 3. The van der Waals surface area contributed by atoms with Crippen LogP contribution >= 0.6 is 0 Å². The Labute approximate surface area is 109 Å². The Bertz CT molecular complexity index is 534. The van der Waals surface area contributed by atoms with Gasteiger partial charge in [0.05, 0.1) is 5.56 Å². The van der Waals surface area contributed by atoms with Crippen molar-refractivity contribution in [1.29, 1.82) is 0 Å². The van der Waals surface area contributed by atoms with Crippen molar-refractivity contribution in [3.63, 3.8) is 0 Å². The summed E-state index contributed by atoms with van der Waals surface area (Å²) in [6, 6.07) is 3.91. The van der Waals surface area contributed by atoms with E-state index in [2.05, 4.69) is 4.72 Å². The summed E-state index contributed by atoms with van der Waals surface area (Å²) < 4.78 is 64.4. The molecule has 8 heteroatoms. The molecule has 19 heavy (non-hydrogen) atoms. The summed E-state index contributed by atoms with van der Waals surface area (Å²) in [6.45, 7) is 0.881. The van der Waals surface area contributed by atoms with Gasteiger partial charge in [-0.15, -0.1) is 0 Å². The molecule has 106 valence electrons. The van der Waals surface area contributed by atoms with Crippen LogP contribution < -0.4 is 4.72 Å². The van der Waals surface area contributed by atoms with Gasteiger partial charge in [0.25, 0.3) is 0 Å². The lowest BCUT2D eigenvalue weighted by atomic mass is 10.2. The first-order valence-corrected chi connectivity index (χ1v) is 7.18. The third-order valence-electron chi connectivity index (χ3n) is 2.86. The van der Waals surface area contributed by atoms with Crippen LogP contribution in [-0.4, -0.2) is 25.8 Å². The molecule has 0 atom stereocenters. The molecule has 1 N–H and O–H groups in total. The average molecular weight is 294 g/mol. The van der Waals surface area contributed by atoms with Crippen LogP contribution in [0.1, 0.15) is 18.4 Å². The minimum Gasteiger partial charge on any atom is -0.271 e. The molecule has 0 bridgehead atoms. The SMILES string of the molecule is O=S(=O)(Nc1ccc(C(F)(F)F)cc1)N1CCCC1. The topological polar surface area (TPSA) is 49.4 Å². The molecule has 1 aliphatic rings. The molecule has 1 saturated heterocycles. The van der Waals surface area contributed by atoms with Crippen LogP contribution in [0.2, 0.25) is 0 Å². The summed E-state index contributed by atoms with van der Waals surface area (Å²) in [4.78, 5) is 0. The van der Waals surface area contributed by atoms with Gasteiger partial charge in [0, 0.05) is 18.8 Å². The van der Waals surface area contributed by atoms with Crippen molar-refractivity contribution in [3.8, 4) is 0 Å². The van der Waals surface area contributed by atoms with Gasteiger partial charge in [0.15, 0.2) is 0 Å². The Hall–Kier alpha value is -1.28. The Balaban J connectivity index is 2.11. The van der Waals surface area contributed by atoms with Gasteiger partial charge in [-0.25, -0.2) is 0 Å². The lowest BCUT2D eigenvalue weighted by Gasteiger charge is -2.17. The summed E-state index contributed by atoms with van der Waals surface area (Å²) in [5.74, 6) is 0. The van der Waals surface area contributed by atoms with Gasteiger partial charge in [-0.3, -0.25) is 4.72 Å². The van der Waals surface area contributed by atoms with Crippen LogP contribution in [0.4, 0.5) is 18.9 Å². The second-order valence-corrected chi connectivity index (χ2v) is 5.96. The Morgan fingerprint density at radius 3 is 2.05 bits per heavy atom. The summed E-state index contributed by atoms with van der Waals surface area (Å²) in [6.07, 6.45) is -2.83. The number of anilines is 1. The molecule has 0 unspecified atom stereocenters. The molecule has 1 aromatic rings. The molecular weight excluding hydrogens is 281 g/mol. The maximum Gasteiger partial charge on any atom is 0.416 e. The fourth-order valence-electron chi connectivity index (χ4n) is 1.87. The minimum absolute atomic E-state index is 0.125. The van der Waals surface area contributed by atoms with Crippen LogP contribution in [-0.2, 0) is 16.4 Å². The molecule has 0 spiro atoms. The third kappa shape index (κ3) is 3.38. The van der Waals surface area contributed by atoms with E-state index >= 15 is 0 Å². The summed E-state index contributed by atoms with van der Waals surface area (Å²) >= 11 is 0. The normalized spacial score (nSPS) is 17.6. The van der Waals surface area contributed by atoms with Crippen molar-refractivity contribution in [2.45, 2.75) is 19.0 Å². The summed E-state index contributed by atoms with van der Waals surface area (Å²) in [7, 11) is -3.66. The van der Waals surface area contributed by atoms with Gasteiger partial charge in [0.2, 0.25) is 0 Å². The van der Waals surface area contributed by atoms with E-state index < -0.39 is 21.9 Å². The predicted molar refractivity (Wildman–Crippen MR) is 64.8 cm³/mol. The molecule has 4 nitrogen and oxygen atoms in total. The largest absolute Gasteiger partial charge is 0.416 e. The first-order valence-electron chi connectivity index (χ1n) is 5.74. The van der Waals surface area contributed by atoms with Crippen LogP contribution in [0.5, 0.6) is 0 Å². The number of benzene rings is 1. The summed E-state index contributed by atoms with van der Waals surface area (Å²) in [5, 5.41) is 0. The number of alkyl halides is 3. The van der Waals surface area contributed by atoms with E-state index in [0.717, 1.165) is 37.1 Å². The highest BCUT2D eigenvalue weighted by atomic mass is 32.2. The lowest BCUT2D eigenvalue weighted by Crippen LogP contribution is -2.33. The molecule has 1 fully saturated rings. The van der Waals surface area contributed by atoms with E-state index in [1.807, 2.05) is 0 Å². The zero-order valence-electron chi connectivity index (χ0n) is 9.94. The monoisotopic (exact) mass is 294 g/mol. The van der Waals surface area contributed by atoms with E-state index in [0.29, 0.717) is 13.1 Å². The van der Waals surface area contributed by atoms with Gasteiger partial charge < -0.3 is 0 Å². The van der Waals surface area contributed by atoms with Gasteiger partial charge in [-0.05, 0) is 37.1 Å². The second kappa shape index (κ2) is 5.01. The molecule has 2 rings (SSSR count). The van der Waals surface area contributed by atoms with E-state index in [1.54, 1.807) is 0 Å². The standard InChI is InChI=1S/C11H13F3N2O2S/c12-11(13,14)9-3-5-10(6-4-9)15-19(17,18)16-7-1-2-8-16/h3-6,15H,1-2,7-8H2. The summed E-state index contributed by atoms with van der Waals surface area (Å²) in [5.41, 5.74) is -0.684. The second-order valence-electron chi connectivity index (χ2n) is 4.29. The fraction of sp³-hybridized carbons (Fsp3) is 0.455. The number of nitrogens with one attached hydrogen (secondary N) is 1. The zero-order chi connectivity index (χ0) is 14.1. The number of hydrogen-bond donors (Lipinski definition) is 1.